The van der Waals surface area contributed by atoms with Crippen molar-refractivity contribution in [2.75, 3.05) is 6.54 Å². The van der Waals surface area contributed by atoms with Gasteiger partial charge >= 0.3 is 0 Å². The van der Waals surface area contributed by atoms with Crippen LogP contribution >= 0.6 is 0 Å². The van der Waals surface area contributed by atoms with Gasteiger partial charge in [-0.2, -0.15) is 0 Å². The van der Waals surface area contributed by atoms with Crippen LogP contribution in [0.1, 0.15) is 76.0 Å². The molecule has 0 spiro atoms. The van der Waals surface area contributed by atoms with Gasteiger partial charge in [-0.05, 0) is 31.9 Å². The Kier molecular flexibility index (Phi) is 8.57. The van der Waals surface area contributed by atoms with Gasteiger partial charge in [0.2, 0.25) is 0 Å². The fourth-order valence-corrected chi connectivity index (χ4v) is 2.46. The van der Waals surface area contributed by atoms with Gasteiger partial charge in [-0.1, -0.05) is 75.8 Å². The maximum atomic E-state index is 3.70. The Morgan fingerprint density at radius 1 is 0.895 bits per heavy atom. The molecule has 0 aromatic heterocycles. The molecule has 0 fully saturated rings. The van der Waals surface area contributed by atoms with Gasteiger partial charge in [-0.25, -0.2) is 0 Å². The number of hydrogen-bond acceptors (Lipinski definition) is 1. The van der Waals surface area contributed by atoms with Crippen molar-refractivity contribution in [1.29, 1.82) is 0 Å². The van der Waals surface area contributed by atoms with E-state index in [2.05, 4.69) is 50.4 Å². The zero-order valence-corrected chi connectivity index (χ0v) is 13.0. The number of aryl methyl sites for hydroxylation is 1. The van der Waals surface area contributed by atoms with Crippen LogP contribution in [0.25, 0.3) is 0 Å². The number of benzene rings is 1. The quantitative estimate of drug-likeness (QED) is 0.556. The van der Waals surface area contributed by atoms with E-state index in [1.165, 1.54) is 56.1 Å². The first-order chi connectivity index (χ1) is 9.27. The van der Waals surface area contributed by atoms with Crippen molar-refractivity contribution in [2.24, 2.45) is 0 Å². The highest BCUT2D eigenvalue weighted by atomic mass is 14.9. The van der Waals surface area contributed by atoms with Crippen LogP contribution < -0.4 is 5.32 Å². The van der Waals surface area contributed by atoms with Crippen molar-refractivity contribution < 1.29 is 0 Å². The third-order valence-corrected chi connectivity index (χ3v) is 3.72. The second-order valence-electron chi connectivity index (χ2n) is 5.62. The van der Waals surface area contributed by atoms with Crippen LogP contribution in [0.15, 0.2) is 24.3 Å². The summed E-state index contributed by atoms with van der Waals surface area (Å²) in [6.45, 7) is 7.79. The lowest BCUT2D eigenvalue weighted by atomic mass is 9.98. The fraction of sp³-hybridized carbons (Fsp3) is 0.667. The van der Waals surface area contributed by atoms with Crippen LogP contribution in [0.3, 0.4) is 0 Å². The third-order valence-electron chi connectivity index (χ3n) is 3.72. The summed E-state index contributed by atoms with van der Waals surface area (Å²) >= 11 is 0. The van der Waals surface area contributed by atoms with Gasteiger partial charge < -0.3 is 5.32 Å². The molecule has 1 rings (SSSR count). The van der Waals surface area contributed by atoms with E-state index in [4.69, 9.17) is 0 Å². The minimum Gasteiger partial charge on any atom is -0.310 e. The molecule has 1 aromatic carbocycles. The minimum atomic E-state index is 0.544. The Labute approximate surface area is 119 Å². The second kappa shape index (κ2) is 10.0. The first-order valence-corrected chi connectivity index (χ1v) is 8.07. The average molecular weight is 261 g/mol. The molecular formula is C18H31N. The summed E-state index contributed by atoms with van der Waals surface area (Å²) in [6.07, 6.45) is 9.31. The molecule has 108 valence electrons. The van der Waals surface area contributed by atoms with Crippen molar-refractivity contribution in [1.82, 2.24) is 5.32 Å². The molecule has 0 amide bonds. The zero-order chi connectivity index (χ0) is 13.9. The van der Waals surface area contributed by atoms with Crippen LogP contribution in [-0.2, 0) is 0 Å². The second-order valence-corrected chi connectivity index (χ2v) is 5.62. The Morgan fingerprint density at radius 2 is 1.58 bits per heavy atom. The molecule has 1 nitrogen and oxygen atoms in total. The lowest BCUT2D eigenvalue weighted by Crippen LogP contribution is -2.22. The first kappa shape index (κ1) is 16.2. The Balaban J connectivity index is 2.44. The summed E-state index contributed by atoms with van der Waals surface area (Å²) in [6, 6.07) is 9.57. The van der Waals surface area contributed by atoms with E-state index >= 15 is 0 Å². The summed E-state index contributed by atoms with van der Waals surface area (Å²) in [5, 5.41) is 3.70. The lowest BCUT2D eigenvalue weighted by molar-refractivity contribution is 0.468. The number of nitrogens with one attached hydrogen (secondary N) is 1. The van der Waals surface area contributed by atoms with Crippen LogP contribution in [0, 0.1) is 6.92 Å². The van der Waals surface area contributed by atoms with Crippen LogP contribution in [-0.4, -0.2) is 6.54 Å². The SMILES string of the molecule is CCCCCCCC(NCCC)c1ccc(C)cc1. The standard InChI is InChI=1S/C18H31N/c1-4-6-7-8-9-10-18(19-15-5-2)17-13-11-16(3)12-14-17/h11-14,18-19H,4-10,15H2,1-3H3. The number of unbranched alkanes of at least 4 members (excludes halogenated alkanes) is 4. The molecule has 1 atom stereocenters. The molecule has 0 aliphatic rings. The van der Waals surface area contributed by atoms with E-state index in [9.17, 15) is 0 Å². The van der Waals surface area contributed by atoms with E-state index in [0.29, 0.717) is 6.04 Å². The van der Waals surface area contributed by atoms with E-state index in [0.717, 1.165) is 6.54 Å². The predicted octanol–water partition coefficient (Wildman–Crippen LogP) is 5.40. The summed E-state index contributed by atoms with van der Waals surface area (Å²) in [7, 11) is 0. The van der Waals surface area contributed by atoms with Gasteiger partial charge in [-0.3, -0.25) is 0 Å². The summed E-state index contributed by atoms with van der Waals surface area (Å²) in [4.78, 5) is 0. The van der Waals surface area contributed by atoms with Crippen molar-refractivity contribution in [2.45, 2.75) is 71.8 Å². The van der Waals surface area contributed by atoms with Crippen LogP contribution in [0.4, 0.5) is 0 Å². The average Bonchev–Trinajstić information content (AvgIpc) is 2.43. The van der Waals surface area contributed by atoms with Crippen LogP contribution in [0.2, 0.25) is 0 Å². The predicted molar refractivity (Wildman–Crippen MR) is 85.6 cm³/mol. The van der Waals surface area contributed by atoms with Gasteiger partial charge in [0, 0.05) is 6.04 Å². The lowest BCUT2D eigenvalue weighted by Gasteiger charge is -2.19. The summed E-state index contributed by atoms with van der Waals surface area (Å²) in [5.74, 6) is 0. The Bertz CT molecular complexity index is 315. The molecule has 19 heavy (non-hydrogen) atoms. The smallest absolute Gasteiger partial charge is 0.0320 e. The van der Waals surface area contributed by atoms with E-state index in [-0.39, 0.29) is 0 Å². The van der Waals surface area contributed by atoms with Crippen molar-refractivity contribution in [3.63, 3.8) is 0 Å². The van der Waals surface area contributed by atoms with Gasteiger partial charge in [-0.15, -0.1) is 0 Å². The number of hydrogen-bond donors (Lipinski definition) is 1. The number of rotatable bonds is 10. The molecular weight excluding hydrogens is 230 g/mol. The van der Waals surface area contributed by atoms with Crippen LogP contribution in [0.5, 0.6) is 0 Å². The van der Waals surface area contributed by atoms with Gasteiger partial charge in [0.1, 0.15) is 0 Å². The summed E-state index contributed by atoms with van der Waals surface area (Å²) in [5.41, 5.74) is 2.80. The third kappa shape index (κ3) is 6.77. The van der Waals surface area contributed by atoms with Crippen molar-refractivity contribution in [3.05, 3.63) is 35.4 Å². The highest BCUT2D eigenvalue weighted by Gasteiger charge is 2.09. The van der Waals surface area contributed by atoms with Gasteiger partial charge in [0.15, 0.2) is 0 Å². The monoisotopic (exact) mass is 261 g/mol. The first-order valence-electron chi connectivity index (χ1n) is 8.07. The van der Waals surface area contributed by atoms with Crippen molar-refractivity contribution >= 4 is 0 Å². The zero-order valence-electron chi connectivity index (χ0n) is 13.0. The molecule has 0 saturated carbocycles. The topological polar surface area (TPSA) is 12.0 Å². The van der Waals surface area contributed by atoms with E-state index < -0.39 is 0 Å². The minimum absolute atomic E-state index is 0.544. The molecule has 1 N–H and O–H groups in total. The van der Waals surface area contributed by atoms with Crippen molar-refractivity contribution in [3.8, 4) is 0 Å². The Hall–Kier alpha value is -0.820. The summed E-state index contributed by atoms with van der Waals surface area (Å²) < 4.78 is 0. The molecule has 1 heteroatoms. The van der Waals surface area contributed by atoms with E-state index in [1.54, 1.807) is 0 Å². The highest BCUT2D eigenvalue weighted by molar-refractivity contribution is 5.24. The molecule has 0 bridgehead atoms. The fourth-order valence-electron chi connectivity index (χ4n) is 2.46. The van der Waals surface area contributed by atoms with Gasteiger partial charge in [0.25, 0.3) is 0 Å². The molecule has 0 saturated heterocycles. The van der Waals surface area contributed by atoms with E-state index in [1.807, 2.05) is 0 Å². The van der Waals surface area contributed by atoms with Gasteiger partial charge in [0.05, 0.1) is 0 Å². The molecule has 1 aromatic rings. The highest BCUT2D eigenvalue weighted by Crippen LogP contribution is 2.21. The molecule has 1 unspecified atom stereocenters. The maximum absolute atomic E-state index is 3.70. The molecule has 0 heterocycles. The molecule has 0 aliphatic heterocycles. The Morgan fingerprint density at radius 3 is 2.21 bits per heavy atom. The largest absolute Gasteiger partial charge is 0.310 e. The normalized spacial score (nSPS) is 12.6. The maximum Gasteiger partial charge on any atom is 0.0320 e. The molecule has 0 aliphatic carbocycles. The molecule has 0 radical (unpaired) electrons.